The fourth-order valence-electron chi connectivity index (χ4n) is 1.71. The van der Waals surface area contributed by atoms with Gasteiger partial charge in [-0.15, -0.1) is 0 Å². The van der Waals surface area contributed by atoms with Crippen LogP contribution < -0.4 is 5.32 Å². The number of amides is 2. The minimum atomic E-state index is -1.12. The van der Waals surface area contributed by atoms with Gasteiger partial charge in [-0.25, -0.2) is 4.79 Å². The maximum absolute atomic E-state index is 11.4. The highest BCUT2D eigenvalue weighted by atomic mass is 16.6. The van der Waals surface area contributed by atoms with Crippen LogP contribution in [0.15, 0.2) is 0 Å². The predicted molar refractivity (Wildman–Crippen MR) is 42.0 cm³/mol. The molecule has 5 heteroatoms. The first-order valence-corrected chi connectivity index (χ1v) is 4.29. The van der Waals surface area contributed by atoms with E-state index in [0.717, 1.165) is 12.8 Å². The van der Waals surface area contributed by atoms with E-state index in [9.17, 15) is 9.59 Å². The van der Waals surface area contributed by atoms with Crippen LogP contribution in [0, 0.1) is 0 Å². The van der Waals surface area contributed by atoms with Crippen LogP contribution >= 0.6 is 0 Å². The zero-order valence-electron chi connectivity index (χ0n) is 7.33. The van der Waals surface area contributed by atoms with E-state index < -0.39 is 17.6 Å². The van der Waals surface area contributed by atoms with Crippen molar-refractivity contribution in [3.05, 3.63) is 0 Å². The molecule has 2 heterocycles. The van der Waals surface area contributed by atoms with E-state index in [4.69, 9.17) is 9.47 Å². The first-order valence-electron chi connectivity index (χ1n) is 4.29. The number of hydrogen-bond donors (Lipinski definition) is 1. The second-order valence-electron chi connectivity index (χ2n) is 3.45. The summed E-state index contributed by atoms with van der Waals surface area (Å²) in [7, 11) is 0. The summed E-state index contributed by atoms with van der Waals surface area (Å²) in [5, 5.41) is 2.10. The van der Waals surface area contributed by atoms with Crippen molar-refractivity contribution >= 4 is 12.0 Å². The lowest BCUT2D eigenvalue weighted by Gasteiger charge is -2.25. The van der Waals surface area contributed by atoms with Gasteiger partial charge in [0.15, 0.2) is 0 Å². The number of imide groups is 1. The summed E-state index contributed by atoms with van der Waals surface area (Å²) in [5.74, 6) is -0.399. The smallest absolute Gasteiger partial charge is 0.415 e. The van der Waals surface area contributed by atoms with Crippen LogP contribution in [-0.4, -0.2) is 30.3 Å². The standard InChI is InChI=1S/C8H11NO4/c1-8(5-3-2-4-12-5)6(10)9-7(11)13-8/h5H,2-4H2,1H3,(H,9,10,11). The van der Waals surface area contributed by atoms with Gasteiger partial charge in [-0.2, -0.15) is 0 Å². The monoisotopic (exact) mass is 185 g/mol. The van der Waals surface area contributed by atoms with Gasteiger partial charge < -0.3 is 9.47 Å². The molecule has 13 heavy (non-hydrogen) atoms. The van der Waals surface area contributed by atoms with Crippen LogP contribution in [0.25, 0.3) is 0 Å². The van der Waals surface area contributed by atoms with Crippen LogP contribution in [0.5, 0.6) is 0 Å². The van der Waals surface area contributed by atoms with Crippen molar-refractivity contribution in [3.8, 4) is 0 Å². The Balaban J connectivity index is 2.18. The van der Waals surface area contributed by atoms with Gasteiger partial charge in [-0.05, 0) is 19.8 Å². The number of cyclic esters (lactones) is 1. The van der Waals surface area contributed by atoms with E-state index in [1.807, 2.05) is 0 Å². The predicted octanol–water partition coefficient (Wildman–Crippen LogP) is 0.190. The molecule has 2 atom stereocenters. The summed E-state index contributed by atoms with van der Waals surface area (Å²) < 4.78 is 10.2. The Morgan fingerprint density at radius 2 is 2.31 bits per heavy atom. The summed E-state index contributed by atoms with van der Waals surface area (Å²) >= 11 is 0. The largest absolute Gasteiger partial charge is 0.430 e. The van der Waals surface area contributed by atoms with Gasteiger partial charge in [0.1, 0.15) is 6.10 Å². The molecule has 5 nitrogen and oxygen atoms in total. The van der Waals surface area contributed by atoms with Crippen molar-refractivity contribution in [2.75, 3.05) is 6.61 Å². The first-order chi connectivity index (χ1) is 6.13. The molecule has 0 aromatic carbocycles. The molecule has 2 fully saturated rings. The second kappa shape index (κ2) is 2.70. The molecule has 0 spiro atoms. The molecule has 2 unspecified atom stereocenters. The summed E-state index contributed by atoms with van der Waals surface area (Å²) in [4.78, 5) is 22.2. The van der Waals surface area contributed by atoms with Gasteiger partial charge >= 0.3 is 6.09 Å². The zero-order chi connectivity index (χ0) is 9.47. The highest BCUT2D eigenvalue weighted by molar-refractivity contribution is 6.03. The van der Waals surface area contributed by atoms with E-state index in [1.54, 1.807) is 6.92 Å². The van der Waals surface area contributed by atoms with Crippen molar-refractivity contribution in [1.29, 1.82) is 0 Å². The van der Waals surface area contributed by atoms with Crippen LogP contribution in [-0.2, 0) is 14.3 Å². The third-order valence-corrected chi connectivity index (χ3v) is 2.52. The number of carbonyl (C=O) groups is 2. The quantitative estimate of drug-likeness (QED) is 0.633. The summed E-state index contributed by atoms with van der Waals surface area (Å²) in [6.07, 6.45) is 0.699. The van der Waals surface area contributed by atoms with Crippen LogP contribution in [0.3, 0.4) is 0 Å². The van der Waals surface area contributed by atoms with E-state index in [2.05, 4.69) is 5.32 Å². The topological polar surface area (TPSA) is 64.6 Å². The molecule has 0 radical (unpaired) electrons. The Kier molecular flexibility index (Phi) is 1.76. The number of hydrogen-bond acceptors (Lipinski definition) is 4. The molecule has 72 valence electrons. The normalized spacial score (nSPS) is 39.0. The van der Waals surface area contributed by atoms with Crippen molar-refractivity contribution in [2.45, 2.75) is 31.5 Å². The molecular weight excluding hydrogens is 174 g/mol. The van der Waals surface area contributed by atoms with Crippen molar-refractivity contribution in [3.63, 3.8) is 0 Å². The molecule has 2 aliphatic heterocycles. The minimum absolute atomic E-state index is 0.293. The molecule has 1 N–H and O–H groups in total. The third kappa shape index (κ3) is 1.19. The molecule has 0 bridgehead atoms. The van der Waals surface area contributed by atoms with E-state index in [-0.39, 0.29) is 6.10 Å². The fourth-order valence-corrected chi connectivity index (χ4v) is 1.71. The fraction of sp³-hybridized carbons (Fsp3) is 0.750. The maximum atomic E-state index is 11.4. The molecule has 0 aromatic rings. The molecule has 2 amide bonds. The minimum Gasteiger partial charge on any atom is -0.430 e. The number of nitrogens with one attached hydrogen (secondary N) is 1. The van der Waals surface area contributed by atoms with Gasteiger partial charge in [0.25, 0.3) is 5.91 Å². The average Bonchev–Trinajstić information content (AvgIpc) is 2.61. The maximum Gasteiger partial charge on any atom is 0.415 e. The molecule has 0 saturated carbocycles. The lowest BCUT2D eigenvalue weighted by atomic mass is 9.96. The van der Waals surface area contributed by atoms with Gasteiger partial charge in [-0.1, -0.05) is 0 Å². The van der Waals surface area contributed by atoms with E-state index >= 15 is 0 Å². The van der Waals surface area contributed by atoms with Crippen LogP contribution in [0.4, 0.5) is 4.79 Å². The lowest BCUT2D eigenvalue weighted by molar-refractivity contribution is -0.140. The molecule has 2 saturated heterocycles. The van der Waals surface area contributed by atoms with E-state index in [0.29, 0.717) is 6.61 Å². The SMILES string of the molecule is CC1(C2CCCO2)OC(=O)NC1=O. The van der Waals surface area contributed by atoms with Crippen molar-refractivity contribution in [2.24, 2.45) is 0 Å². The van der Waals surface area contributed by atoms with E-state index in [1.165, 1.54) is 0 Å². The molecular formula is C8H11NO4. The summed E-state index contributed by atoms with van der Waals surface area (Å²) in [6, 6.07) is 0. The average molecular weight is 185 g/mol. The lowest BCUT2D eigenvalue weighted by Crippen LogP contribution is -2.46. The summed E-state index contributed by atoms with van der Waals surface area (Å²) in [6.45, 7) is 2.22. The van der Waals surface area contributed by atoms with Crippen molar-refractivity contribution in [1.82, 2.24) is 5.32 Å². The Hall–Kier alpha value is -1.10. The van der Waals surface area contributed by atoms with Gasteiger partial charge in [0.2, 0.25) is 5.60 Å². The number of rotatable bonds is 1. The molecule has 2 rings (SSSR count). The van der Waals surface area contributed by atoms with Crippen LogP contribution in [0.1, 0.15) is 19.8 Å². The van der Waals surface area contributed by atoms with Crippen LogP contribution in [0.2, 0.25) is 0 Å². The third-order valence-electron chi connectivity index (χ3n) is 2.52. The van der Waals surface area contributed by atoms with Gasteiger partial charge in [0.05, 0.1) is 0 Å². The number of alkyl carbamates (subject to hydrolysis) is 1. The molecule has 0 aromatic heterocycles. The summed E-state index contributed by atoms with van der Waals surface area (Å²) in [5.41, 5.74) is -1.12. The molecule has 0 aliphatic carbocycles. The number of carbonyl (C=O) groups excluding carboxylic acids is 2. The van der Waals surface area contributed by atoms with Gasteiger partial charge in [-0.3, -0.25) is 10.1 Å². The Labute approximate surface area is 75.4 Å². The Bertz CT molecular complexity index is 259. The van der Waals surface area contributed by atoms with Crippen molar-refractivity contribution < 1.29 is 19.1 Å². The van der Waals surface area contributed by atoms with Gasteiger partial charge in [0, 0.05) is 6.61 Å². The Morgan fingerprint density at radius 1 is 1.54 bits per heavy atom. The highest BCUT2D eigenvalue weighted by Gasteiger charge is 2.52. The first kappa shape index (κ1) is 8.50. The highest BCUT2D eigenvalue weighted by Crippen LogP contribution is 2.30. The zero-order valence-corrected chi connectivity index (χ0v) is 7.33. The number of ether oxygens (including phenoxy) is 2. The second-order valence-corrected chi connectivity index (χ2v) is 3.45. The molecule has 2 aliphatic rings. The Morgan fingerprint density at radius 3 is 2.77 bits per heavy atom.